The summed E-state index contributed by atoms with van der Waals surface area (Å²) in [5.74, 6) is -0.829. The van der Waals surface area contributed by atoms with Gasteiger partial charge in [0.05, 0.1) is 13.2 Å². The second kappa shape index (κ2) is 9.85. The van der Waals surface area contributed by atoms with Crippen LogP contribution in [0.15, 0.2) is 24.3 Å². The number of pyridine rings is 1. The van der Waals surface area contributed by atoms with Crippen LogP contribution < -0.4 is 0 Å². The molecule has 0 saturated heterocycles. The van der Waals surface area contributed by atoms with Gasteiger partial charge in [-0.1, -0.05) is 13.8 Å². The molecule has 0 aromatic carbocycles. The Morgan fingerprint density at radius 3 is 2.33 bits per heavy atom. The molecule has 8 heteroatoms. The van der Waals surface area contributed by atoms with Gasteiger partial charge in [0.15, 0.2) is 8.32 Å². The fourth-order valence-corrected chi connectivity index (χ4v) is 4.34. The van der Waals surface area contributed by atoms with Crippen molar-refractivity contribution in [2.24, 2.45) is 0 Å². The van der Waals surface area contributed by atoms with Crippen LogP contribution in [0.4, 0.5) is 0 Å². The number of aromatic nitrogens is 1. The minimum Gasteiger partial charge on any atom is -0.462 e. The van der Waals surface area contributed by atoms with Crippen LogP contribution in [0.2, 0.25) is 18.1 Å². The van der Waals surface area contributed by atoms with E-state index >= 15 is 0 Å². The number of nitrogens with zero attached hydrogens (tertiary/aromatic N) is 1. The first-order valence-electron chi connectivity index (χ1n) is 10.2. The number of hydrogen-bond donors (Lipinski definition) is 1. The summed E-state index contributed by atoms with van der Waals surface area (Å²) in [6, 6.07) is 7.20. The Labute approximate surface area is 183 Å². The Hall–Kier alpha value is -2.03. The standard InChI is InChI=1S/C22H31NO5SSi/c1-7-27-20(24)17-14-15(18-9-10-19(29-18)21(25)28-8-2)13-16(23-17)11-12-22(3,4)30(5,6)26/h9-10,13-14,26H,7-8,11-12H2,1-6H3. The molecule has 30 heavy (non-hydrogen) atoms. The van der Waals surface area contributed by atoms with Gasteiger partial charge in [-0.2, -0.15) is 0 Å². The number of aryl methyl sites for hydroxylation is 1. The lowest BCUT2D eigenvalue weighted by molar-refractivity contribution is 0.0514. The third-order valence-electron chi connectivity index (χ3n) is 5.39. The van der Waals surface area contributed by atoms with Gasteiger partial charge in [0.1, 0.15) is 10.6 Å². The summed E-state index contributed by atoms with van der Waals surface area (Å²) >= 11 is 1.32. The van der Waals surface area contributed by atoms with E-state index in [4.69, 9.17) is 9.47 Å². The van der Waals surface area contributed by atoms with Gasteiger partial charge in [0.2, 0.25) is 0 Å². The topological polar surface area (TPSA) is 85.7 Å². The number of esters is 2. The van der Waals surface area contributed by atoms with Crippen LogP contribution in [0.1, 0.15) is 60.0 Å². The average Bonchev–Trinajstić information content (AvgIpc) is 3.16. The minimum absolute atomic E-state index is 0.200. The molecule has 0 saturated carbocycles. The van der Waals surface area contributed by atoms with Gasteiger partial charge in [-0.25, -0.2) is 14.6 Å². The Bertz CT molecular complexity index is 901. The molecule has 2 aromatic rings. The van der Waals surface area contributed by atoms with E-state index in [1.807, 2.05) is 25.2 Å². The SMILES string of the molecule is CCOC(=O)c1cc(-c2ccc(C(=O)OCC)s2)cc(CCC(C)(C)[Si](C)(C)O)n1. The van der Waals surface area contributed by atoms with Crippen LogP contribution in [0.25, 0.3) is 10.4 Å². The molecule has 0 aliphatic heterocycles. The molecule has 164 valence electrons. The smallest absolute Gasteiger partial charge is 0.356 e. The van der Waals surface area contributed by atoms with Crippen molar-refractivity contribution in [3.05, 3.63) is 40.5 Å². The number of thiophene rings is 1. The molecular weight excluding hydrogens is 418 g/mol. The predicted molar refractivity (Wildman–Crippen MR) is 122 cm³/mol. The van der Waals surface area contributed by atoms with Crippen molar-refractivity contribution in [1.82, 2.24) is 4.98 Å². The van der Waals surface area contributed by atoms with Crippen molar-refractivity contribution in [2.75, 3.05) is 13.2 Å². The van der Waals surface area contributed by atoms with Crippen LogP contribution in [0.5, 0.6) is 0 Å². The lowest BCUT2D eigenvalue weighted by Gasteiger charge is -2.35. The number of ether oxygens (including phenoxy) is 2. The zero-order valence-electron chi connectivity index (χ0n) is 18.6. The second-order valence-corrected chi connectivity index (χ2v) is 13.8. The molecule has 2 rings (SSSR count). The largest absolute Gasteiger partial charge is 0.462 e. The summed E-state index contributed by atoms with van der Waals surface area (Å²) in [5.41, 5.74) is 1.81. The van der Waals surface area contributed by atoms with E-state index in [2.05, 4.69) is 18.8 Å². The summed E-state index contributed by atoms with van der Waals surface area (Å²) < 4.78 is 10.2. The summed E-state index contributed by atoms with van der Waals surface area (Å²) in [6.07, 6.45) is 1.38. The molecule has 2 heterocycles. The lowest BCUT2D eigenvalue weighted by atomic mass is 10.0. The number of carbonyl (C=O) groups is 2. The van der Waals surface area contributed by atoms with Gasteiger partial charge < -0.3 is 14.3 Å². The summed E-state index contributed by atoms with van der Waals surface area (Å²) in [6.45, 7) is 12.1. The van der Waals surface area contributed by atoms with Crippen LogP contribution in [-0.2, 0) is 15.9 Å². The van der Waals surface area contributed by atoms with Gasteiger partial charge >= 0.3 is 11.9 Å². The first-order chi connectivity index (χ1) is 14.0. The summed E-state index contributed by atoms with van der Waals surface area (Å²) in [5, 5.41) is -0.200. The van der Waals surface area contributed by atoms with Crippen molar-refractivity contribution < 1.29 is 23.9 Å². The first-order valence-corrected chi connectivity index (χ1v) is 13.9. The molecule has 0 aliphatic carbocycles. The first kappa shape index (κ1) is 24.2. The predicted octanol–water partition coefficient (Wildman–Crippen LogP) is 5.07. The summed E-state index contributed by atoms with van der Waals surface area (Å²) in [4.78, 5) is 40.8. The van der Waals surface area contributed by atoms with Crippen molar-refractivity contribution in [3.8, 4) is 10.4 Å². The highest BCUT2D eigenvalue weighted by Gasteiger charge is 2.37. The highest BCUT2D eigenvalue weighted by atomic mass is 32.1. The van der Waals surface area contributed by atoms with E-state index in [1.54, 1.807) is 26.0 Å². The van der Waals surface area contributed by atoms with E-state index in [9.17, 15) is 14.4 Å². The molecule has 0 fully saturated rings. The van der Waals surface area contributed by atoms with Gasteiger partial charge in [-0.3, -0.25) is 0 Å². The van der Waals surface area contributed by atoms with E-state index in [-0.39, 0.29) is 23.3 Å². The number of hydrogen-bond acceptors (Lipinski definition) is 7. The Kier molecular flexibility index (Phi) is 7.96. The number of carbonyl (C=O) groups excluding carboxylic acids is 2. The van der Waals surface area contributed by atoms with Crippen molar-refractivity contribution in [2.45, 2.75) is 58.7 Å². The molecule has 2 aromatic heterocycles. The molecule has 1 N–H and O–H groups in total. The van der Waals surface area contributed by atoms with E-state index in [0.29, 0.717) is 17.9 Å². The van der Waals surface area contributed by atoms with Crippen LogP contribution >= 0.6 is 11.3 Å². The highest BCUT2D eigenvalue weighted by molar-refractivity contribution is 7.17. The minimum atomic E-state index is -2.35. The van der Waals surface area contributed by atoms with Crippen molar-refractivity contribution in [1.29, 1.82) is 0 Å². The van der Waals surface area contributed by atoms with E-state index in [1.165, 1.54) is 11.3 Å². The van der Waals surface area contributed by atoms with Gasteiger partial charge in [0, 0.05) is 10.6 Å². The fraction of sp³-hybridized carbons (Fsp3) is 0.500. The normalized spacial score (nSPS) is 12.0. The van der Waals surface area contributed by atoms with Crippen LogP contribution in [0, 0.1) is 0 Å². The molecule has 0 unspecified atom stereocenters. The zero-order chi connectivity index (χ0) is 22.5. The second-order valence-electron chi connectivity index (χ2n) is 8.28. The van der Waals surface area contributed by atoms with Gasteiger partial charge in [-0.15, -0.1) is 11.3 Å². The molecule has 0 amide bonds. The molecular formula is C22H31NO5SSi. The average molecular weight is 450 g/mol. The van der Waals surface area contributed by atoms with Gasteiger partial charge in [-0.05, 0) is 74.7 Å². The molecule has 0 bridgehead atoms. The molecule has 0 aliphatic rings. The molecule has 0 atom stereocenters. The maximum atomic E-state index is 12.4. The zero-order valence-corrected chi connectivity index (χ0v) is 20.4. The Balaban J connectivity index is 2.38. The Morgan fingerprint density at radius 1 is 1.10 bits per heavy atom. The quantitative estimate of drug-likeness (QED) is 0.425. The molecule has 0 spiro atoms. The maximum absolute atomic E-state index is 12.4. The van der Waals surface area contributed by atoms with Crippen molar-refractivity contribution in [3.63, 3.8) is 0 Å². The number of rotatable bonds is 9. The lowest BCUT2D eigenvalue weighted by Crippen LogP contribution is -2.39. The monoisotopic (exact) mass is 449 g/mol. The van der Waals surface area contributed by atoms with E-state index in [0.717, 1.165) is 22.6 Å². The molecule has 6 nitrogen and oxygen atoms in total. The highest BCUT2D eigenvalue weighted by Crippen LogP contribution is 2.40. The van der Waals surface area contributed by atoms with Crippen molar-refractivity contribution >= 4 is 31.6 Å². The maximum Gasteiger partial charge on any atom is 0.356 e. The Morgan fingerprint density at radius 2 is 1.73 bits per heavy atom. The van der Waals surface area contributed by atoms with Crippen LogP contribution in [0.3, 0.4) is 0 Å². The third kappa shape index (κ3) is 5.99. The van der Waals surface area contributed by atoms with Gasteiger partial charge in [0.25, 0.3) is 0 Å². The van der Waals surface area contributed by atoms with Crippen LogP contribution in [-0.4, -0.2) is 43.2 Å². The summed E-state index contributed by atoms with van der Waals surface area (Å²) in [7, 11) is -2.35. The van der Waals surface area contributed by atoms with E-state index < -0.39 is 14.3 Å². The third-order valence-corrected chi connectivity index (χ3v) is 10.1. The fourth-order valence-electron chi connectivity index (χ4n) is 2.72. The molecule has 0 radical (unpaired) electrons.